The molecule has 0 fully saturated rings. The van der Waals surface area contributed by atoms with E-state index >= 15 is 0 Å². The lowest BCUT2D eigenvalue weighted by Crippen LogP contribution is -1.93. The van der Waals surface area contributed by atoms with Gasteiger partial charge in [0, 0.05) is 18.9 Å². The van der Waals surface area contributed by atoms with E-state index in [-0.39, 0.29) is 0 Å². The summed E-state index contributed by atoms with van der Waals surface area (Å²) in [6.45, 7) is 3.37. The zero-order valence-electron chi connectivity index (χ0n) is 7.87. The van der Waals surface area contributed by atoms with Gasteiger partial charge in [-0.3, -0.25) is 0 Å². The Kier molecular flexibility index (Phi) is 4.50. The first-order chi connectivity index (χ1) is 5.93. The minimum absolute atomic E-state index is 1.13. The highest BCUT2D eigenvalue weighted by Crippen LogP contribution is 2.03. The minimum atomic E-state index is 1.13. The second-order valence-corrected chi connectivity index (χ2v) is 3.21. The number of unbranched alkanes of at least 4 members (excludes halogenated alkanes) is 4. The Morgan fingerprint density at radius 2 is 2.00 bits per heavy atom. The highest BCUT2D eigenvalue weighted by Gasteiger charge is 1.90. The van der Waals surface area contributed by atoms with Crippen LogP contribution in [0.1, 0.15) is 39.0 Å². The van der Waals surface area contributed by atoms with Crippen LogP contribution in [0.4, 0.5) is 0 Å². The Hall–Kier alpha value is -0.790. The maximum Gasteiger partial charge on any atom is 0.0945 e. The molecule has 12 heavy (non-hydrogen) atoms. The quantitative estimate of drug-likeness (QED) is 0.594. The Morgan fingerprint density at radius 3 is 2.67 bits per heavy atom. The molecule has 0 saturated heterocycles. The molecule has 0 aliphatic rings. The van der Waals surface area contributed by atoms with Crippen molar-refractivity contribution in [3.63, 3.8) is 0 Å². The third-order valence-electron chi connectivity index (χ3n) is 2.08. The van der Waals surface area contributed by atoms with Crippen LogP contribution in [0.3, 0.4) is 0 Å². The summed E-state index contributed by atoms with van der Waals surface area (Å²) < 4.78 is 2.14. The summed E-state index contributed by atoms with van der Waals surface area (Å²) in [4.78, 5) is 4.00. The van der Waals surface area contributed by atoms with Crippen LogP contribution >= 0.6 is 0 Å². The van der Waals surface area contributed by atoms with E-state index in [9.17, 15) is 0 Å². The fourth-order valence-corrected chi connectivity index (χ4v) is 1.32. The molecule has 0 unspecified atom stereocenters. The highest BCUT2D eigenvalue weighted by atomic mass is 15.0. The molecule has 0 aromatic carbocycles. The van der Waals surface area contributed by atoms with Crippen LogP contribution in [0.5, 0.6) is 0 Å². The van der Waals surface area contributed by atoms with Crippen molar-refractivity contribution in [2.24, 2.45) is 0 Å². The van der Waals surface area contributed by atoms with Gasteiger partial charge in [-0.15, -0.1) is 0 Å². The molecule has 0 saturated carbocycles. The van der Waals surface area contributed by atoms with Crippen molar-refractivity contribution in [3.8, 4) is 0 Å². The molecule has 0 radical (unpaired) electrons. The Labute approximate surface area is 74.6 Å². The summed E-state index contributed by atoms with van der Waals surface area (Å²) in [5.74, 6) is 0. The Balaban J connectivity index is 1.96. The van der Waals surface area contributed by atoms with Crippen LogP contribution in [0.2, 0.25) is 0 Å². The summed E-state index contributed by atoms with van der Waals surface area (Å²) in [6.07, 6.45) is 12.5. The zero-order chi connectivity index (χ0) is 8.65. The van der Waals surface area contributed by atoms with Gasteiger partial charge in [0.2, 0.25) is 0 Å². The van der Waals surface area contributed by atoms with Gasteiger partial charge < -0.3 is 4.57 Å². The average Bonchev–Trinajstić information content (AvgIpc) is 2.57. The number of imidazole rings is 1. The van der Waals surface area contributed by atoms with Crippen molar-refractivity contribution in [3.05, 3.63) is 18.7 Å². The molecule has 0 N–H and O–H groups in total. The van der Waals surface area contributed by atoms with Crippen molar-refractivity contribution in [1.29, 1.82) is 0 Å². The van der Waals surface area contributed by atoms with E-state index in [1.54, 1.807) is 0 Å². The van der Waals surface area contributed by atoms with Gasteiger partial charge in [0.15, 0.2) is 0 Å². The second-order valence-electron chi connectivity index (χ2n) is 3.21. The first kappa shape index (κ1) is 9.30. The monoisotopic (exact) mass is 166 g/mol. The molecule has 68 valence electrons. The smallest absolute Gasteiger partial charge is 0.0945 e. The van der Waals surface area contributed by atoms with Gasteiger partial charge in [0.05, 0.1) is 6.33 Å². The molecule has 2 heteroatoms. The maximum absolute atomic E-state index is 4.00. The van der Waals surface area contributed by atoms with Crippen LogP contribution in [-0.2, 0) is 6.54 Å². The van der Waals surface area contributed by atoms with E-state index in [4.69, 9.17) is 0 Å². The molecule has 1 aromatic heterocycles. The van der Waals surface area contributed by atoms with E-state index in [2.05, 4.69) is 16.5 Å². The van der Waals surface area contributed by atoms with Crippen molar-refractivity contribution in [2.75, 3.05) is 0 Å². The number of hydrogen-bond donors (Lipinski definition) is 0. The molecule has 1 rings (SSSR count). The molecule has 2 nitrogen and oxygen atoms in total. The van der Waals surface area contributed by atoms with Gasteiger partial charge in [-0.2, -0.15) is 0 Å². The normalized spacial score (nSPS) is 10.4. The molecule has 0 bridgehead atoms. The second kappa shape index (κ2) is 5.81. The van der Waals surface area contributed by atoms with Crippen molar-refractivity contribution in [2.45, 2.75) is 45.6 Å². The van der Waals surface area contributed by atoms with Crippen LogP contribution < -0.4 is 0 Å². The third kappa shape index (κ3) is 3.56. The van der Waals surface area contributed by atoms with Gasteiger partial charge >= 0.3 is 0 Å². The van der Waals surface area contributed by atoms with Gasteiger partial charge in [0.1, 0.15) is 0 Å². The van der Waals surface area contributed by atoms with Gasteiger partial charge in [-0.1, -0.05) is 32.6 Å². The number of rotatable bonds is 6. The lowest BCUT2D eigenvalue weighted by Gasteiger charge is -2.00. The minimum Gasteiger partial charge on any atom is -0.337 e. The fourth-order valence-electron chi connectivity index (χ4n) is 1.32. The summed E-state index contributed by atoms with van der Waals surface area (Å²) in [5.41, 5.74) is 0. The van der Waals surface area contributed by atoms with Crippen LogP contribution in [-0.4, -0.2) is 9.55 Å². The fraction of sp³-hybridized carbons (Fsp3) is 0.700. The summed E-state index contributed by atoms with van der Waals surface area (Å²) in [5, 5.41) is 0. The molecule has 0 amide bonds. The number of hydrogen-bond acceptors (Lipinski definition) is 1. The lowest BCUT2D eigenvalue weighted by molar-refractivity contribution is 0.568. The zero-order valence-corrected chi connectivity index (χ0v) is 7.87. The molecule has 1 aromatic rings. The molecule has 1 heterocycles. The van der Waals surface area contributed by atoms with E-state index < -0.39 is 0 Å². The SMILES string of the molecule is CCCCCCCn1ccnc1. The molecular formula is C10H18N2. The first-order valence-corrected chi connectivity index (χ1v) is 4.89. The molecule has 0 atom stereocenters. The van der Waals surface area contributed by atoms with Crippen molar-refractivity contribution in [1.82, 2.24) is 9.55 Å². The average molecular weight is 166 g/mol. The molecule has 0 aliphatic carbocycles. The van der Waals surface area contributed by atoms with E-state index in [0.717, 1.165) is 6.54 Å². The molecular weight excluding hydrogens is 148 g/mol. The maximum atomic E-state index is 4.00. The lowest BCUT2D eigenvalue weighted by atomic mass is 10.1. The molecule has 0 aliphatic heterocycles. The van der Waals surface area contributed by atoms with Gasteiger partial charge in [0.25, 0.3) is 0 Å². The summed E-state index contributed by atoms with van der Waals surface area (Å²) in [7, 11) is 0. The number of aryl methyl sites for hydroxylation is 1. The van der Waals surface area contributed by atoms with Gasteiger partial charge in [-0.25, -0.2) is 4.98 Å². The summed E-state index contributed by atoms with van der Waals surface area (Å²) >= 11 is 0. The molecule has 0 spiro atoms. The summed E-state index contributed by atoms with van der Waals surface area (Å²) in [6, 6.07) is 0. The number of aromatic nitrogens is 2. The first-order valence-electron chi connectivity index (χ1n) is 4.89. The van der Waals surface area contributed by atoms with Crippen molar-refractivity contribution >= 4 is 0 Å². The van der Waals surface area contributed by atoms with Crippen LogP contribution in [0.25, 0.3) is 0 Å². The van der Waals surface area contributed by atoms with Crippen molar-refractivity contribution < 1.29 is 0 Å². The van der Waals surface area contributed by atoms with E-state index in [1.807, 2.05) is 18.7 Å². The van der Waals surface area contributed by atoms with Crippen LogP contribution in [0, 0.1) is 0 Å². The van der Waals surface area contributed by atoms with E-state index in [1.165, 1.54) is 32.1 Å². The van der Waals surface area contributed by atoms with Crippen LogP contribution in [0.15, 0.2) is 18.7 Å². The van der Waals surface area contributed by atoms with E-state index in [0.29, 0.717) is 0 Å². The largest absolute Gasteiger partial charge is 0.337 e. The Bertz CT molecular complexity index is 180. The third-order valence-corrected chi connectivity index (χ3v) is 2.08. The Morgan fingerprint density at radius 1 is 1.17 bits per heavy atom. The number of nitrogens with zero attached hydrogens (tertiary/aromatic N) is 2. The predicted octanol–water partition coefficient (Wildman–Crippen LogP) is 2.85. The topological polar surface area (TPSA) is 17.8 Å². The highest BCUT2D eigenvalue weighted by molar-refractivity contribution is 4.73. The predicted molar refractivity (Wildman–Crippen MR) is 51.0 cm³/mol. The standard InChI is InChI=1S/C10H18N2/c1-2-3-4-5-6-8-12-9-7-11-10-12/h7,9-10H,2-6,8H2,1H3. The van der Waals surface area contributed by atoms with Gasteiger partial charge in [-0.05, 0) is 6.42 Å².